The summed E-state index contributed by atoms with van der Waals surface area (Å²) in [7, 11) is 3.27. The van der Waals surface area contributed by atoms with Crippen LogP contribution in [0.3, 0.4) is 0 Å². The molecule has 0 atom stereocenters. The molecule has 3 N–H and O–H groups in total. The molecule has 0 spiro atoms. The topological polar surface area (TPSA) is 84.0 Å². The van der Waals surface area contributed by atoms with Gasteiger partial charge in [0.25, 0.3) is 0 Å². The molecule has 0 unspecified atom stereocenters. The highest BCUT2D eigenvalue weighted by Gasteiger charge is 2.08. The molecular weight excluding hydrogens is 424 g/mol. The fourth-order valence-electron chi connectivity index (χ4n) is 2.39. The van der Waals surface area contributed by atoms with Crippen molar-refractivity contribution in [1.82, 2.24) is 5.32 Å². The molecule has 2 aromatic rings. The third kappa shape index (κ3) is 6.77. The highest BCUT2D eigenvalue weighted by molar-refractivity contribution is 9.10. The second-order valence-electron chi connectivity index (χ2n) is 5.73. The fourth-order valence-corrected chi connectivity index (χ4v) is 2.65. The fraction of sp³-hybridized carbons (Fsp3) is 0.300. The summed E-state index contributed by atoms with van der Waals surface area (Å²) in [6.07, 6.45) is 0.309. The number of guanidine groups is 1. The van der Waals surface area contributed by atoms with Gasteiger partial charge in [-0.15, -0.1) is 0 Å². The molecule has 1 amide bonds. The zero-order valence-corrected chi connectivity index (χ0v) is 17.8. The van der Waals surface area contributed by atoms with Gasteiger partial charge in [0.1, 0.15) is 0 Å². The first-order valence-corrected chi connectivity index (χ1v) is 9.69. The van der Waals surface area contributed by atoms with E-state index in [9.17, 15) is 4.79 Å². The summed E-state index contributed by atoms with van der Waals surface area (Å²) in [5, 5.41) is 9.15. The summed E-state index contributed by atoms with van der Waals surface area (Å²) in [4.78, 5) is 16.2. The molecule has 0 saturated carbocycles. The van der Waals surface area contributed by atoms with Crippen molar-refractivity contribution in [3.05, 3.63) is 46.9 Å². The van der Waals surface area contributed by atoms with E-state index in [4.69, 9.17) is 9.47 Å². The normalized spacial score (nSPS) is 10.9. The number of rotatable bonds is 8. The molecule has 150 valence electrons. The number of ether oxygens (including phenoxy) is 2. The predicted octanol–water partition coefficient (Wildman–Crippen LogP) is 3.87. The number of carbonyl (C=O) groups is 1. The number of anilines is 2. The van der Waals surface area contributed by atoms with Crippen molar-refractivity contribution >= 4 is 39.2 Å². The lowest BCUT2D eigenvalue weighted by Gasteiger charge is -2.14. The SMILES string of the molecule is CCOc1cc(NC(=NC)NCCC(=O)Nc2ccc(Br)cc2)ccc1OC. The molecule has 0 heterocycles. The van der Waals surface area contributed by atoms with Crippen LogP contribution in [-0.4, -0.2) is 39.2 Å². The van der Waals surface area contributed by atoms with Crippen LogP contribution in [0.25, 0.3) is 0 Å². The molecule has 0 saturated heterocycles. The third-order valence-electron chi connectivity index (χ3n) is 3.72. The van der Waals surface area contributed by atoms with Crippen LogP contribution in [-0.2, 0) is 4.79 Å². The maximum absolute atomic E-state index is 12.1. The van der Waals surface area contributed by atoms with E-state index in [0.29, 0.717) is 37.0 Å². The molecule has 0 aliphatic heterocycles. The van der Waals surface area contributed by atoms with Crippen LogP contribution < -0.4 is 25.4 Å². The van der Waals surface area contributed by atoms with Gasteiger partial charge in [-0.2, -0.15) is 0 Å². The lowest BCUT2D eigenvalue weighted by Crippen LogP contribution is -2.33. The van der Waals surface area contributed by atoms with Gasteiger partial charge in [0, 0.05) is 41.9 Å². The molecule has 28 heavy (non-hydrogen) atoms. The summed E-state index contributed by atoms with van der Waals surface area (Å²) in [6, 6.07) is 13.0. The smallest absolute Gasteiger partial charge is 0.226 e. The average molecular weight is 449 g/mol. The van der Waals surface area contributed by atoms with E-state index >= 15 is 0 Å². The number of hydrogen-bond donors (Lipinski definition) is 3. The van der Waals surface area contributed by atoms with Gasteiger partial charge in [-0.25, -0.2) is 0 Å². The Morgan fingerprint density at radius 1 is 1.07 bits per heavy atom. The van der Waals surface area contributed by atoms with Crippen LogP contribution in [0.2, 0.25) is 0 Å². The maximum Gasteiger partial charge on any atom is 0.226 e. The molecule has 2 rings (SSSR count). The minimum Gasteiger partial charge on any atom is -0.493 e. The molecule has 2 aromatic carbocycles. The largest absolute Gasteiger partial charge is 0.493 e. The van der Waals surface area contributed by atoms with Gasteiger partial charge in [-0.05, 0) is 43.3 Å². The molecule has 0 radical (unpaired) electrons. The average Bonchev–Trinajstić information content (AvgIpc) is 2.69. The van der Waals surface area contributed by atoms with Gasteiger partial charge < -0.3 is 25.4 Å². The first-order valence-electron chi connectivity index (χ1n) is 8.89. The van der Waals surface area contributed by atoms with Gasteiger partial charge in [-0.3, -0.25) is 9.79 Å². The Morgan fingerprint density at radius 2 is 1.79 bits per heavy atom. The Hall–Kier alpha value is -2.74. The van der Waals surface area contributed by atoms with Crippen LogP contribution in [0.4, 0.5) is 11.4 Å². The van der Waals surface area contributed by atoms with Gasteiger partial charge in [0.05, 0.1) is 13.7 Å². The highest BCUT2D eigenvalue weighted by atomic mass is 79.9. The zero-order chi connectivity index (χ0) is 20.4. The minimum absolute atomic E-state index is 0.0756. The van der Waals surface area contributed by atoms with Gasteiger partial charge in [-0.1, -0.05) is 15.9 Å². The van der Waals surface area contributed by atoms with Crippen molar-refractivity contribution in [2.45, 2.75) is 13.3 Å². The van der Waals surface area contributed by atoms with Crippen molar-refractivity contribution in [2.75, 3.05) is 37.9 Å². The van der Waals surface area contributed by atoms with E-state index in [1.165, 1.54) is 0 Å². The van der Waals surface area contributed by atoms with E-state index < -0.39 is 0 Å². The molecule has 0 aliphatic carbocycles. The molecule has 0 aliphatic rings. The highest BCUT2D eigenvalue weighted by Crippen LogP contribution is 2.30. The van der Waals surface area contributed by atoms with E-state index in [0.717, 1.165) is 15.8 Å². The lowest BCUT2D eigenvalue weighted by atomic mass is 10.2. The summed E-state index contributed by atoms with van der Waals surface area (Å²) in [6.45, 7) is 2.90. The summed E-state index contributed by atoms with van der Waals surface area (Å²) < 4.78 is 11.8. The number of methoxy groups -OCH3 is 1. The first-order chi connectivity index (χ1) is 13.5. The molecule has 0 aromatic heterocycles. The van der Waals surface area contributed by atoms with Crippen molar-refractivity contribution in [2.24, 2.45) is 4.99 Å². The Morgan fingerprint density at radius 3 is 2.43 bits per heavy atom. The number of nitrogens with one attached hydrogen (secondary N) is 3. The Labute approximate surface area is 173 Å². The van der Waals surface area contributed by atoms with Crippen LogP contribution in [0.1, 0.15) is 13.3 Å². The van der Waals surface area contributed by atoms with E-state index in [-0.39, 0.29) is 5.91 Å². The van der Waals surface area contributed by atoms with Crippen LogP contribution in [0, 0.1) is 0 Å². The number of carbonyl (C=O) groups excluding carboxylic acids is 1. The number of halogens is 1. The van der Waals surface area contributed by atoms with Crippen LogP contribution in [0.5, 0.6) is 11.5 Å². The molecule has 8 heteroatoms. The number of amides is 1. The summed E-state index contributed by atoms with van der Waals surface area (Å²) >= 11 is 3.37. The second-order valence-corrected chi connectivity index (χ2v) is 6.64. The summed E-state index contributed by atoms with van der Waals surface area (Å²) in [5.41, 5.74) is 1.56. The minimum atomic E-state index is -0.0756. The second kappa shape index (κ2) is 11.2. The van der Waals surface area contributed by atoms with Crippen molar-refractivity contribution in [1.29, 1.82) is 0 Å². The molecule has 0 fully saturated rings. The number of aliphatic imine (C=N–C) groups is 1. The van der Waals surface area contributed by atoms with E-state index in [1.54, 1.807) is 14.2 Å². The Bertz CT molecular complexity index is 810. The van der Waals surface area contributed by atoms with E-state index in [2.05, 4.69) is 36.9 Å². The maximum atomic E-state index is 12.1. The molecule has 7 nitrogen and oxygen atoms in total. The number of nitrogens with zero attached hydrogens (tertiary/aromatic N) is 1. The quantitative estimate of drug-likeness (QED) is 0.421. The summed E-state index contributed by atoms with van der Waals surface area (Å²) in [5.74, 6) is 1.80. The lowest BCUT2D eigenvalue weighted by molar-refractivity contribution is -0.116. The molecular formula is C20H25BrN4O3. The standard InChI is InChI=1S/C20H25BrN4O3/c1-4-28-18-13-16(9-10-17(18)27-3)25-20(22-2)23-12-11-19(26)24-15-7-5-14(21)6-8-15/h5-10,13H,4,11-12H2,1-3H3,(H,24,26)(H2,22,23,25). The zero-order valence-electron chi connectivity index (χ0n) is 16.2. The number of hydrogen-bond acceptors (Lipinski definition) is 4. The first kappa shape index (κ1) is 21.6. The van der Waals surface area contributed by atoms with Crippen molar-refractivity contribution in [3.63, 3.8) is 0 Å². The predicted molar refractivity (Wildman–Crippen MR) is 117 cm³/mol. The monoisotopic (exact) mass is 448 g/mol. The number of benzene rings is 2. The Balaban J connectivity index is 1.85. The van der Waals surface area contributed by atoms with Crippen molar-refractivity contribution < 1.29 is 14.3 Å². The van der Waals surface area contributed by atoms with E-state index in [1.807, 2.05) is 49.4 Å². The third-order valence-corrected chi connectivity index (χ3v) is 4.25. The van der Waals surface area contributed by atoms with Gasteiger partial charge >= 0.3 is 0 Å². The van der Waals surface area contributed by atoms with Crippen molar-refractivity contribution in [3.8, 4) is 11.5 Å². The van der Waals surface area contributed by atoms with Gasteiger partial charge in [0.2, 0.25) is 5.91 Å². The van der Waals surface area contributed by atoms with Crippen LogP contribution in [0.15, 0.2) is 51.9 Å². The molecule has 0 bridgehead atoms. The van der Waals surface area contributed by atoms with Gasteiger partial charge in [0.15, 0.2) is 17.5 Å². The van der Waals surface area contributed by atoms with Crippen LogP contribution >= 0.6 is 15.9 Å². The Kier molecular flexibility index (Phi) is 8.61.